The lowest BCUT2D eigenvalue weighted by atomic mass is 10.1. The molecule has 0 fully saturated rings. The summed E-state index contributed by atoms with van der Waals surface area (Å²) in [5.41, 5.74) is 3.04. The Bertz CT molecular complexity index is 1020. The zero-order valence-electron chi connectivity index (χ0n) is 14.4. The van der Waals surface area contributed by atoms with Crippen molar-refractivity contribution in [2.24, 2.45) is 0 Å². The first-order valence-electron chi connectivity index (χ1n) is 7.90. The summed E-state index contributed by atoms with van der Waals surface area (Å²) in [5.74, 6) is 0. The molecule has 3 aromatic rings. The van der Waals surface area contributed by atoms with E-state index in [1.54, 1.807) is 23.6 Å². The molecule has 2 aromatic heterocycles. The molecule has 0 saturated carbocycles. The molecule has 0 aliphatic carbocycles. The number of carbonyl (C=O) groups excluding carboxylic acids is 1. The summed E-state index contributed by atoms with van der Waals surface area (Å²) in [7, 11) is -2.44. The highest BCUT2D eigenvalue weighted by Crippen LogP contribution is 2.21. The second-order valence-corrected chi connectivity index (χ2v) is 8.07. The average molecular weight is 403 g/mol. The number of hydrogen-bond acceptors (Lipinski definition) is 6. The molecule has 1 amide bonds. The summed E-state index contributed by atoms with van der Waals surface area (Å²) in [4.78, 5) is 15.6. The van der Waals surface area contributed by atoms with Crippen LogP contribution < -0.4 is 10.0 Å². The van der Waals surface area contributed by atoms with E-state index < -0.39 is 16.1 Å². The van der Waals surface area contributed by atoms with Crippen LogP contribution in [0.2, 0.25) is 0 Å². The third kappa shape index (κ3) is 4.91. The number of amides is 1. The number of ether oxygens (including phenoxy) is 1. The average Bonchev–Trinajstić information content (AvgIpc) is 3.22. The van der Waals surface area contributed by atoms with Crippen molar-refractivity contribution in [3.8, 4) is 11.3 Å². The van der Waals surface area contributed by atoms with Gasteiger partial charge in [0.1, 0.15) is 0 Å². The minimum Gasteiger partial charge on any atom is -0.453 e. The first-order chi connectivity index (χ1) is 13.0. The van der Waals surface area contributed by atoms with Gasteiger partial charge in [0.25, 0.3) is 0 Å². The molecule has 0 unspecified atom stereocenters. The minimum atomic E-state index is -3.69. The number of carbonyl (C=O) groups is 1. The quantitative estimate of drug-likeness (QED) is 0.657. The van der Waals surface area contributed by atoms with Crippen LogP contribution in [0.25, 0.3) is 11.3 Å². The van der Waals surface area contributed by atoms with Gasteiger partial charge in [-0.1, -0.05) is 0 Å². The molecule has 9 heteroatoms. The fourth-order valence-electron chi connectivity index (χ4n) is 2.30. The number of nitrogens with zero attached hydrogens (tertiary/aromatic N) is 1. The van der Waals surface area contributed by atoms with Crippen molar-refractivity contribution < 1.29 is 17.9 Å². The standard InChI is InChI=1S/C18H17N3O4S2/c1-25-18(22)21-15-2-4-16(5-3-15)27(23,24)20-11-13-6-8-19-17(10-13)14-7-9-26-12-14/h2-10,12,20H,11H2,1H3,(H,21,22). The van der Waals surface area contributed by atoms with Gasteiger partial charge in [-0.2, -0.15) is 11.3 Å². The predicted octanol–water partition coefficient (Wildman–Crippen LogP) is 3.47. The number of methoxy groups -OCH3 is 1. The van der Waals surface area contributed by atoms with E-state index in [0.717, 1.165) is 16.8 Å². The molecule has 0 spiro atoms. The van der Waals surface area contributed by atoms with E-state index in [1.807, 2.05) is 22.9 Å². The first-order valence-corrected chi connectivity index (χ1v) is 10.3. The molecular weight excluding hydrogens is 386 g/mol. The molecule has 0 saturated heterocycles. The summed E-state index contributed by atoms with van der Waals surface area (Å²) < 4.78 is 32.0. The highest BCUT2D eigenvalue weighted by Gasteiger charge is 2.14. The maximum Gasteiger partial charge on any atom is 0.411 e. The lowest BCUT2D eigenvalue weighted by molar-refractivity contribution is 0.187. The Labute approximate surface area is 161 Å². The van der Waals surface area contributed by atoms with E-state index in [9.17, 15) is 13.2 Å². The molecule has 0 bridgehead atoms. The molecule has 0 radical (unpaired) electrons. The SMILES string of the molecule is COC(=O)Nc1ccc(S(=O)(=O)NCc2ccnc(-c3ccsc3)c2)cc1. The van der Waals surface area contributed by atoms with Gasteiger partial charge in [0.15, 0.2) is 0 Å². The Kier molecular flexibility index (Phi) is 5.84. The van der Waals surface area contributed by atoms with Crippen LogP contribution in [0.4, 0.5) is 10.5 Å². The van der Waals surface area contributed by atoms with Crippen LogP contribution in [-0.2, 0) is 21.3 Å². The number of benzene rings is 1. The van der Waals surface area contributed by atoms with Gasteiger partial charge in [-0.3, -0.25) is 10.3 Å². The second-order valence-electron chi connectivity index (χ2n) is 5.53. The van der Waals surface area contributed by atoms with Crippen LogP contribution in [0.5, 0.6) is 0 Å². The van der Waals surface area contributed by atoms with E-state index in [4.69, 9.17) is 0 Å². The van der Waals surface area contributed by atoms with Crippen LogP contribution >= 0.6 is 11.3 Å². The molecule has 7 nitrogen and oxygen atoms in total. The van der Waals surface area contributed by atoms with Crippen molar-refractivity contribution in [3.63, 3.8) is 0 Å². The van der Waals surface area contributed by atoms with Crippen LogP contribution in [-0.4, -0.2) is 26.6 Å². The minimum absolute atomic E-state index is 0.102. The fraction of sp³-hybridized carbons (Fsp3) is 0.111. The molecule has 0 atom stereocenters. The Hall–Kier alpha value is -2.75. The van der Waals surface area contributed by atoms with Crippen LogP contribution in [0.15, 0.2) is 64.3 Å². The van der Waals surface area contributed by atoms with Crippen molar-refractivity contribution in [2.45, 2.75) is 11.4 Å². The van der Waals surface area contributed by atoms with Crippen molar-refractivity contribution >= 4 is 33.1 Å². The summed E-state index contributed by atoms with van der Waals surface area (Å²) in [6, 6.07) is 11.4. The summed E-state index contributed by atoms with van der Waals surface area (Å²) in [6.07, 6.45) is 1.03. The highest BCUT2D eigenvalue weighted by atomic mass is 32.2. The molecule has 2 N–H and O–H groups in total. The van der Waals surface area contributed by atoms with Gasteiger partial charge in [-0.15, -0.1) is 0 Å². The monoisotopic (exact) mass is 403 g/mol. The number of aromatic nitrogens is 1. The van der Waals surface area contributed by atoms with Gasteiger partial charge < -0.3 is 4.74 Å². The van der Waals surface area contributed by atoms with E-state index >= 15 is 0 Å². The molecule has 1 aromatic carbocycles. The number of hydrogen-bond donors (Lipinski definition) is 2. The van der Waals surface area contributed by atoms with Gasteiger partial charge in [-0.05, 0) is 53.4 Å². The number of sulfonamides is 1. The van der Waals surface area contributed by atoms with E-state index in [1.165, 1.54) is 31.4 Å². The maximum absolute atomic E-state index is 12.5. The Morgan fingerprint density at radius 1 is 1.19 bits per heavy atom. The zero-order valence-corrected chi connectivity index (χ0v) is 16.0. The third-order valence-electron chi connectivity index (χ3n) is 3.70. The third-order valence-corrected chi connectivity index (χ3v) is 5.80. The van der Waals surface area contributed by atoms with Crippen molar-refractivity contribution in [2.75, 3.05) is 12.4 Å². The van der Waals surface area contributed by atoms with Crippen molar-refractivity contribution in [1.82, 2.24) is 9.71 Å². The highest BCUT2D eigenvalue weighted by molar-refractivity contribution is 7.89. The van der Waals surface area contributed by atoms with Crippen LogP contribution in [0, 0.1) is 0 Å². The van der Waals surface area contributed by atoms with Crippen molar-refractivity contribution in [1.29, 1.82) is 0 Å². The number of nitrogens with one attached hydrogen (secondary N) is 2. The Morgan fingerprint density at radius 2 is 1.96 bits per heavy atom. The van der Waals surface area contributed by atoms with Gasteiger partial charge in [0, 0.05) is 29.4 Å². The predicted molar refractivity (Wildman–Crippen MR) is 104 cm³/mol. The second kappa shape index (κ2) is 8.30. The van der Waals surface area contributed by atoms with Gasteiger partial charge in [0.2, 0.25) is 10.0 Å². The van der Waals surface area contributed by atoms with E-state index in [2.05, 4.69) is 19.8 Å². The molecular formula is C18H17N3O4S2. The molecule has 2 heterocycles. The van der Waals surface area contributed by atoms with E-state index in [0.29, 0.717) is 5.69 Å². The number of rotatable bonds is 6. The lowest BCUT2D eigenvalue weighted by Crippen LogP contribution is -2.23. The molecule has 27 heavy (non-hydrogen) atoms. The lowest BCUT2D eigenvalue weighted by Gasteiger charge is -2.09. The molecule has 3 rings (SSSR count). The van der Waals surface area contributed by atoms with Crippen molar-refractivity contribution in [3.05, 3.63) is 65.0 Å². The number of thiophene rings is 1. The fourth-order valence-corrected chi connectivity index (χ4v) is 3.97. The van der Waals surface area contributed by atoms with Gasteiger partial charge in [-0.25, -0.2) is 17.9 Å². The summed E-state index contributed by atoms with van der Waals surface area (Å²) in [5, 5.41) is 6.41. The topological polar surface area (TPSA) is 97.4 Å². The molecule has 140 valence electrons. The van der Waals surface area contributed by atoms with E-state index in [-0.39, 0.29) is 11.4 Å². The first kappa shape index (κ1) is 19.0. The summed E-state index contributed by atoms with van der Waals surface area (Å²) in [6.45, 7) is 0.143. The molecule has 0 aliphatic rings. The van der Waals surface area contributed by atoms with Crippen LogP contribution in [0.1, 0.15) is 5.56 Å². The Morgan fingerprint density at radius 3 is 2.63 bits per heavy atom. The molecule has 0 aliphatic heterocycles. The van der Waals surface area contributed by atoms with Gasteiger partial charge >= 0.3 is 6.09 Å². The summed E-state index contributed by atoms with van der Waals surface area (Å²) >= 11 is 1.58. The zero-order chi connectivity index (χ0) is 19.3. The Balaban J connectivity index is 1.68. The van der Waals surface area contributed by atoms with Crippen LogP contribution in [0.3, 0.4) is 0 Å². The smallest absolute Gasteiger partial charge is 0.411 e. The largest absolute Gasteiger partial charge is 0.453 e. The maximum atomic E-state index is 12.5. The normalized spacial score (nSPS) is 11.1. The van der Waals surface area contributed by atoms with Gasteiger partial charge in [0.05, 0.1) is 17.7 Å². The number of pyridine rings is 1. The number of anilines is 1.